The van der Waals surface area contributed by atoms with E-state index in [0.29, 0.717) is 35.0 Å². The zero-order chi connectivity index (χ0) is 26.2. The Kier molecular flexibility index (Phi) is 5.41. The largest absolute Gasteiger partial charge is 0.380 e. The lowest BCUT2D eigenvalue weighted by atomic mass is 9.73. The van der Waals surface area contributed by atoms with Crippen molar-refractivity contribution in [3.8, 4) is 5.69 Å². The number of halogens is 4. The van der Waals surface area contributed by atoms with Crippen molar-refractivity contribution < 1.29 is 17.9 Å². The average molecular weight is 547 g/mol. The highest BCUT2D eigenvalue weighted by molar-refractivity contribution is 6.30. The van der Waals surface area contributed by atoms with Crippen molar-refractivity contribution in [3.63, 3.8) is 0 Å². The van der Waals surface area contributed by atoms with E-state index in [1.54, 1.807) is 17.9 Å². The predicted molar refractivity (Wildman–Crippen MR) is 133 cm³/mol. The fraction of sp³-hybridized carbons (Fsp3) is 0.520. The van der Waals surface area contributed by atoms with Crippen LogP contribution in [0.2, 0.25) is 5.02 Å². The number of anilines is 2. The molecule has 0 N–H and O–H groups in total. The van der Waals surface area contributed by atoms with Gasteiger partial charge in [0.15, 0.2) is 11.6 Å². The molecule has 0 bridgehead atoms. The summed E-state index contributed by atoms with van der Waals surface area (Å²) in [6, 6.07) is 5.54. The number of alkyl halides is 2. The summed E-state index contributed by atoms with van der Waals surface area (Å²) in [6.45, 7) is 5.09. The summed E-state index contributed by atoms with van der Waals surface area (Å²) in [4.78, 5) is 14.3. The van der Waals surface area contributed by atoms with Crippen LogP contribution in [0.4, 0.5) is 25.1 Å². The maximum atomic E-state index is 14.9. The molecule has 13 heteroatoms. The molecule has 1 spiro atoms. The lowest BCUT2D eigenvalue weighted by molar-refractivity contribution is -0.179. The van der Waals surface area contributed by atoms with Crippen molar-refractivity contribution in [2.75, 3.05) is 55.7 Å². The third kappa shape index (κ3) is 3.92. The lowest BCUT2D eigenvalue weighted by Crippen LogP contribution is -2.73. The number of hydrogen-bond donors (Lipinski definition) is 0. The average Bonchev–Trinajstić information content (AvgIpc) is 3.08. The van der Waals surface area contributed by atoms with Gasteiger partial charge in [0.1, 0.15) is 0 Å². The van der Waals surface area contributed by atoms with E-state index >= 15 is 0 Å². The van der Waals surface area contributed by atoms with Gasteiger partial charge in [0.25, 0.3) is 5.92 Å². The molecule has 4 aliphatic rings. The molecule has 3 saturated heterocycles. The SMILES string of the molecule is Cc1nc(N2CC3(C2)CN(c2nnc4n2-c2ccc(Cl)cc2CN(CC(F)(F)C2COC2)C4)C3)ncc1F. The molecule has 200 valence electrons. The Balaban J connectivity index is 1.11. The molecule has 0 aliphatic carbocycles. The van der Waals surface area contributed by atoms with Gasteiger partial charge in [-0.1, -0.05) is 11.6 Å². The van der Waals surface area contributed by atoms with Crippen LogP contribution in [-0.2, 0) is 17.8 Å². The van der Waals surface area contributed by atoms with Gasteiger partial charge in [-0.2, -0.15) is 0 Å². The molecule has 0 unspecified atom stereocenters. The van der Waals surface area contributed by atoms with Crippen molar-refractivity contribution in [1.29, 1.82) is 0 Å². The van der Waals surface area contributed by atoms with Crippen molar-refractivity contribution in [3.05, 3.63) is 52.3 Å². The minimum absolute atomic E-state index is 0.0739. The van der Waals surface area contributed by atoms with Crippen LogP contribution in [0, 0.1) is 24.1 Å². The van der Waals surface area contributed by atoms with Gasteiger partial charge in [-0.05, 0) is 30.7 Å². The summed E-state index contributed by atoms with van der Waals surface area (Å²) >= 11 is 6.31. The number of aromatic nitrogens is 5. The van der Waals surface area contributed by atoms with Gasteiger partial charge >= 0.3 is 0 Å². The Labute approximate surface area is 222 Å². The topological polar surface area (TPSA) is 75.4 Å². The van der Waals surface area contributed by atoms with Crippen LogP contribution in [-0.4, -0.2) is 81.5 Å². The zero-order valence-electron chi connectivity index (χ0n) is 20.7. The molecule has 1 aromatic carbocycles. The van der Waals surface area contributed by atoms with Gasteiger partial charge in [-0.3, -0.25) is 9.47 Å². The number of nitrogens with zero attached hydrogens (tertiary/aromatic N) is 8. The molecule has 0 amide bonds. The molecule has 9 nitrogen and oxygen atoms in total. The van der Waals surface area contributed by atoms with Gasteiger partial charge in [0, 0.05) is 43.2 Å². The Hall–Kier alpha value is -2.96. The van der Waals surface area contributed by atoms with Crippen LogP contribution < -0.4 is 9.80 Å². The highest BCUT2D eigenvalue weighted by Crippen LogP contribution is 2.44. The van der Waals surface area contributed by atoms with Crippen LogP contribution in [0.1, 0.15) is 17.1 Å². The van der Waals surface area contributed by atoms with Gasteiger partial charge < -0.3 is 14.5 Å². The summed E-state index contributed by atoms with van der Waals surface area (Å²) in [5.74, 6) is -2.17. The van der Waals surface area contributed by atoms with Gasteiger partial charge in [0.05, 0.1) is 49.8 Å². The second-order valence-electron chi connectivity index (χ2n) is 11.0. The molecule has 38 heavy (non-hydrogen) atoms. The van der Waals surface area contributed by atoms with Crippen LogP contribution >= 0.6 is 11.6 Å². The monoisotopic (exact) mass is 546 g/mol. The van der Waals surface area contributed by atoms with Crippen molar-refractivity contribution in [2.24, 2.45) is 11.3 Å². The van der Waals surface area contributed by atoms with E-state index in [1.807, 2.05) is 16.7 Å². The van der Waals surface area contributed by atoms with E-state index in [-0.39, 0.29) is 31.7 Å². The minimum atomic E-state index is -2.86. The lowest BCUT2D eigenvalue weighted by Gasteiger charge is -2.60. The Morgan fingerprint density at radius 2 is 1.87 bits per heavy atom. The van der Waals surface area contributed by atoms with Crippen LogP contribution in [0.3, 0.4) is 0 Å². The quantitative estimate of drug-likeness (QED) is 0.483. The number of hydrogen-bond acceptors (Lipinski definition) is 8. The summed E-state index contributed by atoms with van der Waals surface area (Å²) in [5, 5.41) is 9.48. The van der Waals surface area contributed by atoms with E-state index in [9.17, 15) is 13.2 Å². The molecular formula is C25H26ClF3N8O. The Bertz CT molecular complexity index is 1400. The highest BCUT2D eigenvalue weighted by Gasteiger charge is 2.54. The molecule has 4 aliphatic heterocycles. The summed E-state index contributed by atoms with van der Waals surface area (Å²) < 4.78 is 50.4. The molecule has 3 aromatic rings. The maximum absolute atomic E-state index is 14.9. The van der Waals surface area contributed by atoms with Gasteiger partial charge in [-0.15, -0.1) is 10.2 Å². The number of benzene rings is 1. The summed E-state index contributed by atoms with van der Waals surface area (Å²) in [7, 11) is 0. The normalized spacial score (nSPS) is 20.9. The molecule has 2 aromatic heterocycles. The number of ether oxygens (including phenoxy) is 1. The molecule has 6 heterocycles. The third-order valence-corrected chi connectivity index (χ3v) is 8.24. The van der Waals surface area contributed by atoms with E-state index in [0.717, 1.165) is 37.4 Å². The van der Waals surface area contributed by atoms with Crippen LogP contribution in [0.5, 0.6) is 0 Å². The number of rotatable bonds is 5. The molecule has 7 rings (SSSR count). The van der Waals surface area contributed by atoms with Crippen molar-refractivity contribution >= 4 is 23.5 Å². The van der Waals surface area contributed by atoms with Crippen molar-refractivity contribution in [1.82, 2.24) is 29.6 Å². The fourth-order valence-corrected chi connectivity index (χ4v) is 6.07. The zero-order valence-corrected chi connectivity index (χ0v) is 21.5. The van der Waals surface area contributed by atoms with Crippen LogP contribution in [0.15, 0.2) is 24.4 Å². The number of aryl methyl sites for hydroxylation is 1. The second-order valence-corrected chi connectivity index (χ2v) is 11.4. The van der Waals surface area contributed by atoms with E-state index < -0.39 is 17.7 Å². The minimum Gasteiger partial charge on any atom is -0.380 e. The Morgan fingerprint density at radius 3 is 2.58 bits per heavy atom. The van der Waals surface area contributed by atoms with Crippen molar-refractivity contribution in [2.45, 2.75) is 25.9 Å². The fourth-order valence-electron chi connectivity index (χ4n) is 5.88. The Morgan fingerprint density at radius 1 is 1.11 bits per heavy atom. The van der Waals surface area contributed by atoms with E-state index in [1.165, 1.54) is 6.20 Å². The molecule has 0 saturated carbocycles. The summed E-state index contributed by atoms with van der Waals surface area (Å²) in [5.41, 5.74) is 2.12. The molecular weight excluding hydrogens is 521 g/mol. The smallest absolute Gasteiger partial charge is 0.267 e. The maximum Gasteiger partial charge on any atom is 0.267 e. The molecule has 3 fully saturated rings. The second kappa shape index (κ2) is 8.52. The van der Waals surface area contributed by atoms with Gasteiger partial charge in [-0.25, -0.2) is 23.1 Å². The summed E-state index contributed by atoms with van der Waals surface area (Å²) in [6.07, 6.45) is 1.21. The van der Waals surface area contributed by atoms with Gasteiger partial charge in [0.2, 0.25) is 11.9 Å². The number of fused-ring (bicyclic) bond motifs is 3. The van der Waals surface area contributed by atoms with E-state index in [2.05, 4.69) is 30.0 Å². The van der Waals surface area contributed by atoms with Crippen LogP contribution in [0.25, 0.3) is 5.69 Å². The standard InChI is InChI=1S/C25H26ClF3N8O/c1-15-19(27)5-30-22(31-15)35-10-24(11-35)12-36(13-24)23-33-32-21-7-34(14-25(28,29)17-8-38-9-17)6-16-4-18(26)2-3-20(16)37(21)23/h2-5,17H,6-14H2,1H3. The van der Waals surface area contributed by atoms with E-state index in [4.69, 9.17) is 16.3 Å². The predicted octanol–water partition coefficient (Wildman–Crippen LogP) is 3.08. The highest BCUT2D eigenvalue weighted by atomic mass is 35.5. The first-order chi connectivity index (χ1) is 18.2. The molecule has 0 radical (unpaired) electrons. The first-order valence-electron chi connectivity index (χ1n) is 12.6. The third-order valence-electron chi connectivity index (χ3n) is 8.00. The molecule has 0 atom stereocenters. The first-order valence-corrected chi connectivity index (χ1v) is 13.0. The first kappa shape index (κ1) is 24.1.